The Morgan fingerprint density at radius 1 is 1.43 bits per heavy atom. The third kappa shape index (κ3) is 3.50. The third-order valence-corrected chi connectivity index (χ3v) is 4.32. The summed E-state index contributed by atoms with van der Waals surface area (Å²) in [6, 6.07) is 5.20. The van der Waals surface area contributed by atoms with E-state index in [-0.39, 0.29) is 17.4 Å². The van der Waals surface area contributed by atoms with Crippen LogP contribution < -0.4 is 16.0 Å². The van der Waals surface area contributed by atoms with Gasteiger partial charge in [0, 0.05) is 26.0 Å². The molecule has 0 aliphatic carbocycles. The molecule has 0 aromatic carbocycles. The van der Waals surface area contributed by atoms with E-state index in [1.807, 2.05) is 6.92 Å². The molecule has 4 N–H and O–H groups in total. The highest BCUT2D eigenvalue weighted by molar-refractivity contribution is 7.89. The third-order valence-electron chi connectivity index (χ3n) is 2.84. The summed E-state index contributed by atoms with van der Waals surface area (Å²) in [5.41, 5.74) is 2.83. The van der Waals surface area contributed by atoms with Crippen LogP contribution in [0.4, 0.5) is 5.82 Å². The van der Waals surface area contributed by atoms with Crippen LogP contribution in [0.1, 0.15) is 13.3 Å². The number of sulfonamides is 1. The number of hydrogen-bond acceptors (Lipinski definition) is 6. The zero-order valence-corrected chi connectivity index (χ0v) is 12.6. The van der Waals surface area contributed by atoms with Gasteiger partial charge in [-0.05, 0) is 25.5 Å². The minimum Gasteiger partial charge on any atom is -0.382 e. The summed E-state index contributed by atoms with van der Waals surface area (Å²) in [6.07, 6.45) is 2.22. The van der Waals surface area contributed by atoms with Crippen molar-refractivity contribution in [3.8, 4) is 0 Å². The van der Waals surface area contributed by atoms with Crippen LogP contribution in [0.5, 0.6) is 0 Å². The Labute approximate surface area is 123 Å². The number of nitrogens with two attached hydrogens (primary N) is 1. The molecule has 0 aliphatic heterocycles. The van der Waals surface area contributed by atoms with Crippen molar-refractivity contribution in [2.75, 3.05) is 25.2 Å². The zero-order chi connectivity index (χ0) is 15.3. The second kappa shape index (κ2) is 6.85. The average molecular weight is 313 g/mol. The molecular weight excluding hydrogens is 294 g/mol. The number of hydrazine groups is 1. The first-order valence-corrected chi connectivity index (χ1v) is 8.09. The molecule has 21 heavy (non-hydrogen) atoms. The maximum atomic E-state index is 12.4. The summed E-state index contributed by atoms with van der Waals surface area (Å²) in [6.45, 7) is 3.30. The lowest BCUT2D eigenvalue weighted by Gasteiger charge is -2.08. The molecule has 0 unspecified atom stereocenters. The van der Waals surface area contributed by atoms with Gasteiger partial charge in [0.2, 0.25) is 0 Å². The van der Waals surface area contributed by atoms with E-state index in [9.17, 15) is 8.42 Å². The lowest BCUT2D eigenvalue weighted by atomic mass is 10.5. The van der Waals surface area contributed by atoms with Crippen molar-refractivity contribution in [2.45, 2.75) is 18.4 Å². The maximum Gasteiger partial charge on any atom is 0.260 e. The average Bonchev–Trinajstić information content (AvgIpc) is 2.86. The van der Waals surface area contributed by atoms with Crippen LogP contribution in [0.25, 0.3) is 5.65 Å². The van der Waals surface area contributed by atoms with Crippen molar-refractivity contribution in [3.05, 3.63) is 24.4 Å². The normalized spacial score (nSPS) is 11.9. The maximum absolute atomic E-state index is 12.4. The van der Waals surface area contributed by atoms with Gasteiger partial charge in [0.05, 0.1) is 0 Å². The van der Waals surface area contributed by atoms with Gasteiger partial charge in [-0.1, -0.05) is 6.07 Å². The molecule has 0 saturated heterocycles. The number of ether oxygens (including phenoxy) is 1. The van der Waals surface area contributed by atoms with E-state index in [1.54, 1.807) is 24.4 Å². The number of nitrogens with zero attached hydrogens (tertiary/aromatic N) is 2. The van der Waals surface area contributed by atoms with Gasteiger partial charge in [0.1, 0.15) is 5.65 Å². The first kappa shape index (κ1) is 15.7. The number of imidazole rings is 1. The molecule has 0 aliphatic rings. The van der Waals surface area contributed by atoms with Gasteiger partial charge in [0.15, 0.2) is 10.8 Å². The lowest BCUT2D eigenvalue weighted by Crippen LogP contribution is -2.28. The molecule has 0 fully saturated rings. The van der Waals surface area contributed by atoms with E-state index in [1.165, 1.54) is 4.40 Å². The van der Waals surface area contributed by atoms with Gasteiger partial charge in [0.25, 0.3) is 10.0 Å². The molecule has 0 radical (unpaired) electrons. The number of rotatable bonds is 8. The number of anilines is 1. The minimum atomic E-state index is -3.72. The quantitative estimate of drug-likeness (QED) is 0.368. The number of nitrogens with one attached hydrogen (secondary N) is 2. The Kier molecular flexibility index (Phi) is 5.12. The van der Waals surface area contributed by atoms with E-state index >= 15 is 0 Å². The largest absolute Gasteiger partial charge is 0.382 e. The fraction of sp³-hybridized carbons (Fsp3) is 0.417. The van der Waals surface area contributed by atoms with E-state index in [0.717, 1.165) is 0 Å². The van der Waals surface area contributed by atoms with E-state index in [2.05, 4.69) is 15.1 Å². The highest BCUT2D eigenvalue weighted by Crippen LogP contribution is 2.21. The smallest absolute Gasteiger partial charge is 0.260 e. The number of fused-ring (bicyclic) bond motifs is 1. The molecule has 8 nitrogen and oxygen atoms in total. The fourth-order valence-electron chi connectivity index (χ4n) is 1.92. The number of aromatic nitrogens is 2. The van der Waals surface area contributed by atoms with E-state index < -0.39 is 10.0 Å². The summed E-state index contributed by atoms with van der Waals surface area (Å²) >= 11 is 0. The highest BCUT2D eigenvalue weighted by atomic mass is 32.2. The molecule has 0 saturated carbocycles. The molecule has 0 atom stereocenters. The standard InChI is InChI=1S/C12H19N5O3S/c1-2-20-9-5-7-14-21(18,19)12-11(16-13)15-10-6-3-4-8-17(10)12/h3-4,6,8,14,16H,2,5,7,9,13H2,1H3. The Balaban J connectivity index is 2.23. The topological polar surface area (TPSA) is 111 Å². The van der Waals surface area contributed by atoms with E-state index in [0.29, 0.717) is 25.3 Å². The molecule has 2 aromatic heterocycles. The fourth-order valence-corrected chi connectivity index (χ4v) is 3.24. The van der Waals surface area contributed by atoms with Crippen molar-refractivity contribution >= 4 is 21.5 Å². The summed E-state index contributed by atoms with van der Waals surface area (Å²) in [5.74, 6) is 5.48. The molecule has 116 valence electrons. The van der Waals surface area contributed by atoms with Crippen LogP contribution in [0, 0.1) is 0 Å². The van der Waals surface area contributed by atoms with Crippen molar-refractivity contribution < 1.29 is 13.2 Å². The van der Waals surface area contributed by atoms with Crippen molar-refractivity contribution in [1.29, 1.82) is 0 Å². The summed E-state index contributed by atoms with van der Waals surface area (Å²) in [4.78, 5) is 4.14. The lowest BCUT2D eigenvalue weighted by molar-refractivity contribution is 0.146. The van der Waals surface area contributed by atoms with Crippen LogP contribution in [0.2, 0.25) is 0 Å². The van der Waals surface area contributed by atoms with Crippen LogP contribution in [-0.2, 0) is 14.8 Å². The predicted molar refractivity (Wildman–Crippen MR) is 79.3 cm³/mol. The van der Waals surface area contributed by atoms with Crippen LogP contribution >= 0.6 is 0 Å². The van der Waals surface area contributed by atoms with E-state index in [4.69, 9.17) is 10.6 Å². The summed E-state index contributed by atoms with van der Waals surface area (Å²) in [7, 11) is -3.72. The van der Waals surface area contributed by atoms with Gasteiger partial charge in [-0.2, -0.15) is 0 Å². The van der Waals surface area contributed by atoms with Crippen LogP contribution in [-0.4, -0.2) is 37.6 Å². The molecule has 9 heteroatoms. The summed E-state index contributed by atoms with van der Waals surface area (Å²) in [5, 5.41) is -0.00277. The van der Waals surface area contributed by atoms with Crippen LogP contribution in [0.3, 0.4) is 0 Å². The minimum absolute atomic E-state index is 0.00277. The SMILES string of the molecule is CCOCCCNS(=O)(=O)c1c(NN)nc2ccccn12. The monoisotopic (exact) mass is 313 g/mol. The predicted octanol–water partition coefficient (Wildman–Crippen LogP) is 0.325. The summed E-state index contributed by atoms with van der Waals surface area (Å²) < 4.78 is 34.0. The van der Waals surface area contributed by atoms with Gasteiger partial charge >= 0.3 is 0 Å². The Hall–Kier alpha value is -1.68. The molecular formula is C12H19N5O3S. The number of pyridine rings is 1. The zero-order valence-electron chi connectivity index (χ0n) is 11.7. The second-order valence-electron chi connectivity index (χ2n) is 4.29. The van der Waals surface area contributed by atoms with Crippen molar-refractivity contribution in [3.63, 3.8) is 0 Å². The van der Waals surface area contributed by atoms with Crippen LogP contribution in [0.15, 0.2) is 29.4 Å². The molecule has 0 bridgehead atoms. The van der Waals surface area contributed by atoms with Crippen molar-refractivity contribution in [2.24, 2.45) is 5.84 Å². The van der Waals surface area contributed by atoms with Gasteiger partial charge in [-0.15, -0.1) is 0 Å². The van der Waals surface area contributed by atoms with Gasteiger partial charge < -0.3 is 10.2 Å². The van der Waals surface area contributed by atoms with Gasteiger partial charge in [-0.25, -0.2) is 24.0 Å². The van der Waals surface area contributed by atoms with Crippen molar-refractivity contribution in [1.82, 2.24) is 14.1 Å². The number of hydrogen-bond donors (Lipinski definition) is 3. The first-order valence-electron chi connectivity index (χ1n) is 6.61. The Bertz CT molecular complexity index is 698. The Morgan fingerprint density at radius 2 is 2.24 bits per heavy atom. The number of nitrogen functional groups attached to an aromatic ring is 1. The first-order chi connectivity index (χ1) is 10.1. The molecule has 2 heterocycles. The van der Waals surface area contributed by atoms with Gasteiger partial charge in [-0.3, -0.25) is 4.40 Å². The molecule has 0 amide bonds. The molecule has 2 aromatic rings. The Morgan fingerprint density at radius 3 is 2.95 bits per heavy atom. The molecule has 0 spiro atoms. The highest BCUT2D eigenvalue weighted by Gasteiger charge is 2.24. The second-order valence-corrected chi connectivity index (χ2v) is 5.97. The molecule has 2 rings (SSSR count).